The second-order valence-electron chi connectivity index (χ2n) is 8.77. The number of hydrogen-bond donors (Lipinski definition) is 1. The Hall–Kier alpha value is -2.80. The number of benzene rings is 1. The van der Waals surface area contributed by atoms with Gasteiger partial charge in [0.2, 0.25) is 11.9 Å². The van der Waals surface area contributed by atoms with Gasteiger partial charge in [-0.3, -0.25) is 14.9 Å². The second kappa shape index (κ2) is 9.82. The number of ketones is 1. The first-order valence-electron chi connectivity index (χ1n) is 10.7. The Morgan fingerprint density at radius 2 is 2.00 bits per heavy atom. The van der Waals surface area contributed by atoms with Crippen LogP contribution in [-0.2, 0) is 17.6 Å². The van der Waals surface area contributed by atoms with E-state index in [2.05, 4.69) is 25.7 Å². The average Bonchev–Trinajstić information content (AvgIpc) is 3.24. The number of thioether (sulfide) groups is 1. The molecule has 3 aromatic rings. The van der Waals surface area contributed by atoms with Gasteiger partial charge in [0.1, 0.15) is 16.1 Å². The van der Waals surface area contributed by atoms with E-state index in [0.29, 0.717) is 51.1 Å². The molecule has 10 heteroatoms. The molecule has 1 aliphatic carbocycles. The topological polar surface area (TPSA) is 109 Å². The van der Waals surface area contributed by atoms with E-state index in [-0.39, 0.29) is 28.8 Å². The van der Waals surface area contributed by atoms with Crippen molar-refractivity contribution >= 4 is 52.5 Å². The Kier molecular flexibility index (Phi) is 7.03. The molecule has 1 aromatic carbocycles. The quantitative estimate of drug-likeness (QED) is 0.430. The zero-order chi connectivity index (χ0) is 24.5. The molecule has 0 saturated heterocycles. The Morgan fingerprint density at radius 3 is 2.68 bits per heavy atom. The van der Waals surface area contributed by atoms with E-state index in [4.69, 9.17) is 11.6 Å². The van der Waals surface area contributed by atoms with Crippen LogP contribution in [0.3, 0.4) is 0 Å². The number of carbonyl (C=O) groups excluding carboxylic acids is 2. The van der Waals surface area contributed by atoms with Gasteiger partial charge in [-0.1, -0.05) is 56.3 Å². The summed E-state index contributed by atoms with van der Waals surface area (Å²) in [6.07, 6.45) is 1.64. The normalized spacial score (nSPS) is 14.4. The maximum Gasteiger partial charge on any atom is 0.241 e. The van der Waals surface area contributed by atoms with E-state index in [1.807, 2.05) is 32.9 Å². The Balaban J connectivity index is 1.50. The van der Waals surface area contributed by atoms with Crippen LogP contribution in [0.5, 0.6) is 0 Å². The van der Waals surface area contributed by atoms with Gasteiger partial charge in [0.25, 0.3) is 0 Å². The van der Waals surface area contributed by atoms with Gasteiger partial charge in [-0.25, -0.2) is 4.98 Å². The fourth-order valence-electron chi connectivity index (χ4n) is 4.01. The van der Waals surface area contributed by atoms with Crippen LogP contribution >= 0.6 is 34.9 Å². The number of rotatable bonds is 6. The predicted octanol–water partition coefficient (Wildman–Crippen LogP) is 5.57. The molecule has 0 unspecified atom stereocenters. The zero-order valence-corrected chi connectivity index (χ0v) is 21.3. The molecule has 7 nitrogen and oxygen atoms in total. The van der Waals surface area contributed by atoms with Crippen molar-refractivity contribution < 1.29 is 9.59 Å². The number of Topliss-reactive ketones (excluding diaryl/α,β-unsaturated/α-hetero) is 1. The van der Waals surface area contributed by atoms with Gasteiger partial charge >= 0.3 is 0 Å². The van der Waals surface area contributed by atoms with Gasteiger partial charge in [0.05, 0.1) is 17.0 Å². The van der Waals surface area contributed by atoms with Crippen LogP contribution < -0.4 is 5.32 Å². The molecule has 0 atom stereocenters. The smallest absolute Gasteiger partial charge is 0.241 e. The first-order valence-corrected chi connectivity index (χ1v) is 12.9. The number of carbonyl (C=O) groups is 2. The number of pyridine rings is 1. The minimum absolute atomic E-state index is 0.0347. The molecule has 0 spiro atoms. The third-order valence-corrected chi connectivity index (χ3v) is 7.47. The highest BCUT2D eigenvalue weighted by Gasteiger charge is 2.35. The van der Waals surface area contributed by atoms with Crippen molar-refractivity contribution in [1.82, 2.24) is 14.3 Å². The molecule has 2 heterocycles. The number of halogens is 1. The SMILES string of the molecule is CCc1c(C#N)c(SCC(=O)Nc2nsc(-c3ccc(Cl)cc3)n2)nc2c1C(=O)CC(C)(C)C2. The van der Waals surface area contributed by atoms with Gasteiger partial charge in [-0.2, -0.15) is 14.6 Å². The van der Waals surface area contributed by atoms with E-state index >= 15 is 0 Å². The van der Waals surface area contributed by atoms with Crippen LogP contribution in [0.25, 0.3) is 10.6 Å². The van der Waals surface area contributed by atoms with Gasteiger partial charge in [-0.15, -0.1) is 0 Å². The van der Waals surface area contributed by atoms with Crippen molar-refractivity contribution in [3.05, 3.63) is 51.7 Å². The first-order chi connectivity index (χ1) is 16.2. The molecular weight excluding hydrogens is 490 g/mol. The molecule has 0 bridgehead atoms. The Bertz CT molecular complexity index is 1310. The molecule has 0 saturated carbocycles. The van der Waals surface area contributed by atoms with Crippen molar-refractivity contribution in [3.63, 3.8) is 0 Å². The monoisotopic (exact) mass is 511 g/mol. The molecule has 1 amide bonds. The van der Waals surface area contributed by atoms with Crippen LogP contribution in [0.1, 0.15) is 54.4 Å². The van der Waals surface area contributed by atoms with E-state index in [1.165, 1.54) is 23.3 Å². The van der Waals surface area contributed by atoms with Crippen LogP contribution in [0.15, 0.2) is 29.3 Å². The summed E-state index contributed by atoms with van der Waals surface area (Å²) in [5.74, 6) is -0.00643. The molecule has 4 rings (SSSR count). The van der Waals surface area contributed by atoms with Crippen molar-refractivity contribution in [1.29, 1.82) is 5.26 Å². The summed E-state index contributed by atoms with van der Waals surface area (Å²) in [5.41, 5.74) is 3.09. The fourth-order valence-corrected chi connectivity index (χ4v) is 5.59. The molecule has 2 aromatic heterocycles. The lowest BCUT2D eigenvalue weighted by molar-refractivity contribution is -0.113. The highest BCUT2D eigenvalue weighted by Crippen LogP contribution is 2.38. The van der Waals surface area contributed by atoms with Crippen LogP contribution in [0.4, 0.5) is 5.95 Å². The molecule has 34 heavy (non-hydrogen) atoms. The predicted molar refractivity (Wildman–Crippen MR) is 134 cm³/mol. The van der Waals surface area contributed by atoms with Crippen molar-refractivity contribution in [2.24, 2.45) is 5.41 Å². The number of aromatic nitrogens is 3. The summed E-state index contributed by atoms with van der Waals surface area (Å²) in [6.45, 7) is 6.01. The van der Waals surface area contributed by atoms with Crippen molar-refractivity contribution in [2.45, 2.75) is 45.1 Å². The lowest BCUT2D eigenvalue weighted by Crippen LogP contribution is -2.29. The van der Waals surface area contributed by atoms with Crippen LogP contribution in [-0.4, -0.2) is 31.8 Å². The van der Waals surface area contributed by atoms with E-state index in [0.717, 1.165) is 11.1 Å². The lowest BCUT2D eigenvalue weighted by Gasteiger charge is -2.31. The van der Waals surface area contributed by atoms with Gasteiger partial charge < -0.3 is 0 Å². The molecule has 1 N–H and O–H groups in total. The maximum absolute atomic E-state index is 12.8. The zero-order valence-electron chi connectivity index (χ0n) is 18.9. The van der Waals surface area contributed by atoms with Crippen LogP contribution in [0.2, 0.25) is 5.02 Å². The van der Waals surface area contributed by atoms with Gasteiger partial charge in [0, 0.05) is 22.6 Å². The number of anilines is 1. The summed E-state index contributed by atoms with van der Waals surface area (Å²) >= 11 is 8.29. The lowest BCUT2D eigenvalue weighted by atomic mass is 9.74. The number of fused-ring (bicyclic) bond motifs is 1. The molecule has 1 aliphatic rings. The van der Waals surface area contributed by atoms with E-state index < -0.39 is 0 Å². The van der Waals surface area contributed by atoms with Crippen LogP contribution in [0, 0.1) is 16.7 Å². The highest BCUT2D eigenvalue weighted by atomic mass is 35.5. The van der Waals surface area contributed by atoms with Crippen molar-refractivity contribution in [2.75, 3.05) is 11.1 Å². The summed E-state index contributed by atoms with van der Waals surface area (Å²) in [4.78, 5) is 34.4. The molecule has 0 fully saturated rings. The first kappa shape index (κ1) is 24.3. The third kappa shape index (κ3) is 5.14. The van der Waals surface area contributed by atoms with E-state index in [9.17, 15) is 14.9 Å². The second-order valence-corrected chi connectivity index (χ2v) is 10.9. The Labute approximate surface area is 211 Å². The maximum atomic E-state index is 12.8. The minimum Gasteiger partial charge on any atom is -0.294 e. The number of nitrogens with one attached hydrogen (secondary N) is 1. The average molecular weight is 512 g/mol. The van der Waals surface area contributed by atoms with Gasteiger partial charge in [-0.05, 0) is 47.5 Å². The molecular formula is C24H22ClN5O2S2. The largest absolute Gasteiger partial charge is 0.294 e. The third-order valence-electron chi connectivity index (χ3n) is 5.48. The highest BCUT2D eigenvalue weighted by molar-refractivity contribution is 8.00. The number of nitrogens with zero attached hydrogens (tertiary/aromatic N) is 4. The standard InChI is InChI=1S/C24H22ClN5O2S2/c1-4-15-16(11-26)22(27-17-9-24(2,3)10-18(31)20(15)17)33-12-19(32)28-23-29-21(34-30-23)13-5-7-14(25)8-6-13/h5-8H,4,9-10,12H2,1-3H3,(H,28,30,32). The number of amides is 1. The molecule has 0 aliphatic heterocycles. The molecule has 174 valence electrons. The molecule has 0 radical (unpaired) electrons. The fraction of sp³-hybridized carbons (Fsp3) is 0.333. The van der Waals surface area contributed by atoms with Gasteiger partial charge in [0.15, 0.2) is 5.78 Å². The summed E-state index contributed by atoms with van der Waals surface area (Å²) in [7, 11) is 0. The number of nitriles is 1. The number of hydrogen-bond acceptors (Lipinski definition) is 8. The summed E-state index contributed by atoms with van der Waals surface area (Å²) in [6, 6.07) is 9.42. The summed E-state index contributed by atoms with van der Waals surface area (Å²) < 4.78 is 4.20. The Morgan fingerprint density at radius 1 is 1.26 bits per heavy atom. The minimum atomic E-state index is -0.302. The van der Waals surface area contributed by atoms with E-state index in [1.54, 1.807) is 12.1 Å². The van der Waals surface area contributed by atoms with Crippen molar-refractivity contribution in [3.8, 4) is 16.6 Å². The summed E-state index contributed by atoms with van der Waals surface area (Å²) in [5, 5.41) is 14.3.